The molecule has 3 nitrogen and oxygen atoms in total. The Bertz CT molecular complexity index is 332. The van der Waals surface area contributed by atoms with Crippen molar-refractivity contribution in [2.24, 2.45) is 0 Å². The van der Waals surface area contributed by atoms with E-state index in [4.69, 9.17) is 5.73 Å². The molecule has 1 aromatic heterocycles. The first-order valence-corrected chi connectivity index (χ1v) is 4.19. The summed E-state index contributed by atoms with van der Waals surface area (Å²) >= 11 is 0. The number of nitrogens with two attached hydrogens (primary N) is 1. The maximum atomic E-state index is 5.54. The number of aromatic amines is 1. The highest BCUT2D eigenvalue weighted by Gasteiger charge is 1.92. The van der Waals surface area contributed by atoms with Gasteiger partial charge in [-0.05, 0) is 26.2 Å². The van der Waals surface area contributed by atoms with Crippen LogP contribution in [0, 0.1) is 0 Å². The number of fused-ring (bicyclic) bond motifs is 1. The molecule has 0 aliphatic rings. The third-order valence-corrected chi connectivity index (χ3v) is 1.55. The van der Waals surface area contributed by atoms with Gasteiger partial charge >= 0.3 is 0 Å². The van der Waals surface area contributed by atoms with Gasteiger partial charge in [-0.1, -0.05) is 18.2 Å². The molecule has 0 fully saturated rings. The Labute approximate surface area is 77.9 Å². The second-order valence-electron chi connectivity index (χ2n) is 2.81. The van der Waals surface area contributed by atoms with Crippen LogP contribution in [-0.4, -0.2) is 19.1 Å². The SMILES string of the molecule is CNC.Nc1cc2ccccc2[nH]1. The second kappa shape index (κ2) is 4.52. The highest BCUT2D eigenvalue weighted by molar-refractivity contribution is 5.82. The first kappa shape index (κ1) is 9.61. The summed E-state index contributed by atoms with van der Waals surface area (Å²) in [5, 5.41) is 3.92. The molecule has 0 saturated carbocycles. The van der Waals surface area contributed by atoms with E-state index in [0.29, 0.717) is 0 Å². The third kappa shape index (κ3) is 2.49. The molecule has 70 valence electrons. The summed E-state index contributed by atoms with van der Waals surface area (Å²) in [5.41, 5.74) is 6.63. The van der Waals surface area contributed by atoms with Crippen LogP contribution < -0.4 is 11.1 Å². The van der Waals surface area contributed by atoms with Gasteiger partial charge in [-0.25, -0.2) is 0 Å². The molecule has 2 rings (SSSR count). The van der Waals surface area contributed by atoms with E-state index < -0.39 is 0 Å². The Morgan fingerprint density at radius 1 is 1.23 bits per heavy atom. The highest BCUT2D eigenvalue weighted by Crippen LogP contribution is 2.14. The summed E-state index contributed by atoms with van der Waals surface area (Å²) in [6, 6.07) is 9.94. The minimum absolute atomic E-state index is 0.723. The number of benzene rings is 1. The van der Waals surface area contributed by atoms with E-state index in [9.17, 15) is 0 Å². The predicted octanol–water partition coefficient (Wildman–Crippen LogP) is 1.59. The van der Waals surface area contributed by atoms with Crippen LogP contribution in [0.4, 0.5) is 5.82 Å². The van der Waals surface area contributed by atoms with Crippen molar-refractivity contribution < 1.29 is 0 Å². The molecule has 0 saturated heterocycles. The maximum absolute atomic E-state index is 5.54. The quantitative estimate of drug-likeness (QED) is 0.572. The van der Waals surface area contributed by atoms with Gasteiger partial charge in [-0.2, -0.15) is 0 Å². The Morgan fingerprint density at radius 3 is 2.46 bits per heavy atom. The first-order chi connectivity index (χ1) is 6.27. The summed E-state index contributed by atoms with van der Waals surface area (Å²) in [6.07, 6.45) is 0. The second-order valence-corrected chi connectivity index (χ2v) is 2.81. The molecule has 0 bridgehead atoms. The van der Waals surface area contributed by atoms with E-state index in [2.05, 4.69) is 10.3 Å². The van der Waals surface area contributed by atoms with Crippen molar-refractivity contribution in [3.05, 3.63) is 30.3 Å². The predicted molar refractivity (Wildman–Crippen MR) is 57.7 cm³/mol. The standard InChI is InChI=1S/C8H8N2.C2H7N/c9-8-5-6-3-1-2-4-7(6)10-8;1-3-2/h1-5,10H,9H2;3H,1-2H3. The van der Waals surface area contributed by atoms with Gasteiger partial charge in [-0.15, -0.1) is 0 Å². The van der Waals surface area contributed by atoms with Crippen LogP contribution in [0.3, 0.4) is 0 Å². The van der Waals surface area contributed by atoms with Crippen molar-refractivity contribution in [3.8, 4) is 0 Å². The first-order valence-electron chi connectivity index (χ1n) is 4.19. The summed E-state index contributed by atoms with van der Waals surface area (Å²) in [7, 11) is 3.75. The highest BCUT2D eigenvalue weighted by atomic mass is 14.8. The van der Waals surface area contributed by atoms with Crippen molar-refractivity contribution in [1.29, 1.82) is 0 Å². The van der Waals surface area contributed by atoms with Crippen molar-refractivity contribution in [2.75, 3.05) is 19.8 Å². The summed E-state index contributed by atoms with van der Waals surface area (Å²) < 4.78 is 0. The van der Waals surface area contributed by atoms with Gasteiger partial charge in [0.05, 0.1) is 0 Å². The summed E-state index contributed by atoms with van der Waals surface area (Å²) in [6.45, 7) is 0. The van der Waals surface area contributed by atoms with Crippen LogP contribution in [0.1, 0.15) is 0 Å². The number of rotatable bonds is 0. The zero-order chi connectivity index (χ0) is 9.68. The van der Waals surface area contributed by atoms with E-state index in [1.54, 1.807) is 0 Å². The number of para-hydroxylation sites is 1. The van der Waals surface area contributed by atoms with Gasteiger partial charge < -0.3 is 16.0 Å². The molecule has 2 aromatic rings. The molecule has 13 heavy (non-hydrogen) atoms. The minimum atomic E-state index is 0.723. The lowest BCUT2D eigenvalue weighted by atomic mass is 10.3. The summed E-state index contributed by atoms with van der Waals surface area (Å²) in [4.78, 5) is 3.04. The van der Waals surface area contributed by atoms with E-state index in [1.807, 2.05) is 44.4 Å². The minimum Gasteiger partial charge on any atom is -0.385 e. The fourth-order valence-corrected chi connectivity index (χ4v) is 1.10. The van der Waals surface area contributed by atoms with Crippen LogP contribution in [0.15, 0.2) is 30.3 Å². The van der Waals surface area contributed by atoms with E-state index >= 15 is 0 Å². The molecule has 3 heteroatoms. The Kier molecular flexibility index (Phi) is 3.34. The molecule has 0 aliphatic heterocycles. The Balaban J connectivity index is 0.000000251. The number of hydrogen-bond donors (Lipinski definition) is 3. The molecule has 0 unspecified atom stereocenters. The number of hydrogen-bond acceptors (Lipinski definition) is 2. The number of aromatic nitrogens is 1. The lowest BCUT2D eigenvalue weighted by Gasteiger charge is -1.83. The summed E-state index contributed by atoms with van der Waals surface area (Å²) in [5.74, 6) is 0.723. The number of nitrogens with one attached hydrogen (secondary N) is 2. The van der Waals surface area contributed by atoms with E-state index in [1.165, 1.54) is 5.39 Å². The topological polar surface area (TPSA) is 53.8 Å². The van der Waals surface area contributed by atoms with Gasteiger partial charge in [-0.3, -0.25) is 0 Å². The normalized spacial score (nSPS) is 9.38. The maximum Gasteiger partial charge on any atom is 0.101 e. The fraction of sp³-hybridized carbons (Fsp3) is 0.200. The van der Waals surface area contributed by atoms with Gasteiger partial charge in [0.25, 0.3) is 0 Å². The molecule has 0 radical (unpaired) electrons. The van der Waals surface area contributed by atoms with Crippen LogP contribution in [0.5, 0.6) is 0 Å². The molecule has 4 N–H and O–H groups in total. The zero-order valence-electron chi connectivity index (χ0n) is 7.96. The molecule has 1 heterocycles. The van der Waals surface area contributed by atoms with Crippen molar-refractivity contribution >= 4 is 16.7 Å². The van der Waals surface area contributed by atoms with Gasteiger partial charge in [0.1, 0.15) is 5.82 Å². The molecule has 0 spiro atoms. The van der Waals surface area contributed by atoms with E-state index in [-0.39, 0.29) is 0 Å². The monoisotopic (exact) mass is 177 g/mol. The molecular formula is C10H15N3. The zero-order valence-corrected chi connectivity index (χ0v) is 7.96. The fourth-order valence-electron chi connectivity index (χ4n) is 1.10. The van der Waals surface area contributed by atoms with Gasteiger partial charge in [0.2, 0.25) is 0 Å². The Hall–Kier alpha value is -1.48. The van der Waals surface area contributed by atoms with Crippen LogP contribution >= 0.6 is 0 Å². The molecule has 1 aromatic carbocycles. The average molecular weight is 177 g/mol. The van der Waals surface area contributed by atoms with Crippen LogP contribution in [0.2, 0.25) is 0 Å². The molecule has 0 amide bonds. The van der Waals surface area contributed by atoms with Crippen LogP contribution in [0.25, 0.3) is 10.9 Å². The van der Waals surface area contributed by atoms with E-state index in [0.717, 1.165) is 11.3 Å². The number of anilines is 1. The molecule has 0 aliphatic carbocycles. The van der Waals surface area contributed by atoms with Crippen molar-refractivity contribution in [2.45, 2.75) is 0 Å². The van der Waals surface area contributed by atoms with Crippen molar-refractivity contribution in [1.82, 2.24) is 10.3 Å². The number of H-pyrrole nitrogens is 1. The Morgan fingerprint density at radius 2 is 1.85 bits per heavy atom. The van der Waals surface area contributed by atoms with Crippen LogP contribution in [-0.2, 0) is 0 Å². The number of nitrogen functional groups attached to an aromatic ring is 1. The smallest absolute Gasteiger partial charge is 0.101 e. The lowest BCUT2D eigenvalue weighted by Crippen LogP contribution is -1.89. The molecule has 0 atom stereocenters. The third-order valence-electron chi connectivity index (χ3n) is 1.55. The average Bonchev–Trinajstić information content (AvgIpc) is 2.45. The largest absolute Gasteiger partial charge is 0.385 e. The van der Waals surface area contributed by atoms with Gasteiger partial charge in [0.15, 0.2) is 0 Å². The van der Waals surface area contributed by atoms with Gasteiger partial charge in [0, 0.05) is 10.9 Å². The van der Waals surface area contributed by atoms with Crippen molar-refractivity contribution in [3.63, 3.8) is 0 Å². The molecular weight excluding hydrogens is 162 g/mol. The lowest BCUT2D eigenvalue weighted by molar-refractivity contribution is 1.02.